The van der Waals surface area contributed by atoms with Crippen molar-refractivity contribution >= 4 is 20.6 Å². The number of hydrogen-bond acceptors (Lipinski definition) is 2. The van der Waals surface area contributed by atoms with Crippen LogP contribution in [0.25, 0.3) is 0 Å². The minimum Gasteiger partial charge on any atom is -0.288 e. The van der Waals surface area contributed by atoms with Gasteiger partial charge >= 0.3 is 0 Å². The van der Waals surface area contributed by atoms with Gasteiger partial charge in [0.1, 0.15) is 10.8 Å². The molecule has 3 aliphatic rings. The zero-order chi connectivity index (χ0) is 9.54. The van der Waals surface area contributed by atoms with Gasteiger partial charge in [0.05, 0.1) is 0 Å². The third-order valence-electron chi connectivity index (χ3n) is 3.07. The van der Waals surface area contributed by atoms with Crippen molar-refractivity contribution in [2.75, 3.05) is 0 Å². The maximum atomic E-state index is 4.54. The Morgan fingerprint density at radius 2 is 2.00 bits per heavy atom. The van der Waals surface area contributed by atoms with Gasteiger partial charge in [-0.2, -0.15) is 0 Å². The van der Waals surface area contributed by atoms with Crippen LogP contribution >= 0.6 is 15.9 Å². The molecular formula is C11H11BrN2. The summed E-state index contributed by atoms with van der Waals surface area (Å²) >= 11 is 3.41. The Morgan fingerprint density at radius 1 is 1.14 bits per heavy atom. The van der Waals surface area contributed by atoms with Crippen LogP contribution in [0, 0.1) is 11.8 Å². The molecule has 0 aromatic rings. The van der Waals surface area contributed by atoms with Crippen molar-refractivity contribution in [3.8, 4) is 0 Å². The Balaban J connectivity index is 1.94. The lowest BCUT2D eigenvalue weighted by atomic mass is 9.86. The summed E-state index contributed by atoms with van der Waals surface area (Å²) in [6.07, 6.45) is 13.3. The van der Waals surface area contributed by atoms with Crippen LogP contribution in [-0.2, 0) is 0 Å². The predicted molar refractivity (Wildman–Crippen MR) is 61.5 cm³/mol. The molecule has 0 aromatic heterocycles. The quantitative estimate of drug-likeness (QED) is 0.699. The summed E-state index contributed by atoms with van der Waals surface area (Å²) in [6.45, 7) is 0. The molecule has 1 saturated heterocycles. The molecule has 2 heterocycles. The molecule has 1 fully saturated rings. The molecule has 2 nitrogen and oxygen atoms in total. The lowest BCUT2D eigenvalue weighted by Crippen LogP contribution is -2.30. The van der Waals surface area contributed by atoms with Gasteiger partial charge in [-0.05, 0) is 22.0 Å². The van der Waals surface area contributed by atoms with E-state index in [2.05, 4.69) is 62.7 Å². The van der Waals surface area contributed by atoms with Crippen molar-refractivity contribution in [1.82, 2.24) is 5.32 Å². The van der Waals surface area contributed by atoms with Crippen LogP contribution in [0.3, 0.4) is 0 Å². The van der Waals surface area contributed by atoms with Crippen molar-refractivity contribution in [1.29, 1.82) is 0 Å². The summed E-state index contributed by atoms with van der Waals surface area (Å²) in [5.74, 6) is 1.09. The SMILES string of the molecule is BrC1=NC2NC3C=CC=CC3C2C=C1. The Bertz CT molecular complexity index is 367. The van der Waals surface area contributed by atoms with Crippen LogP contribution in [0.15, 0.2) is 41.4 Å². The number of nitrogens with one attached hydrogen (secondary N) is 1. The van der Waals surface area contributed by atoms with Crippen molar-refractivity contribution in [3.63, 3.8) is 0 Å². The van der Waals surface area contributed by atoms with E-state index in [1.807, 2.05) is 0 Å². The Hall–Kier alpha value is -0.670. The van der Waals surface area contributed by atoms with E-state index in [0.717, 1.165) is 4.62 Å². The molecule has 1 aliphatic carbocycles. The summed E-state index contributed by atoms with van der Waals surface area (Å²) in [5, 5.41) is 3.52. The number of hydrogen-bond donors (Lipinski definition) is 1. The number of dihydropyridines is 1. The molecule has 0 amide bonds. The van der Waals surface area contributed by atoms with Crippen LogP contribution in [0.1, 0.15) is 0 Å². The molecule has 0 aromatic carbocycles. The zero-order valence-electron chi connectivity index (χ0n) is 7.60. The first-order chi connectivity index (χ1) is 6.84. The zero-order valence-corrected chi connectivity index (χ0v) is 9.18. The highest BCUT2D eigenvalue weighted by Gasteiger charge is 2.40. The van der Waals surface area contributed by atoms with Gasteiger partial charge in [0.25, 0.3) is 0 Å². The number of nitrogens with zero attached hydrogens (tertiary/aromatic N) is 1. The third kappa shape index (κ3) is 1.23. The molecule has 0 spiro atoms. The summed E-state index contributed by atoms with van der Waals surface area (Å²) in [4.78, 5) is 4.54. The largest absolute Gasteiger partial charge is 0.288 e. The first-order valence-electron chi connectivity index (χ1n) is 4.87. The third-order valence-corrected chi connectivity index (χ3v) is 3.54. The van der Waals surface area contributed by atoms with E-state index in [4.69, 9.17) is 0 Å². The van der Waals surface area contributed by atoms with E-state index in [1.165, 1.54) is 0 Å². The van der Waals surface area contributed by atoms with Crippen LogP contribution in [-0.4, -0.2) is 16.8 Å². The van der Waals surface area contributed by atoms with Gasteiger partial charge in [-0.25, -0.2) is 0 Å². The Morgan fingerprint density at radius 3 is 2.93 bits per heavy atom. The molecule has 14 heavy (non-hydrogen) atoms. The number of rotatable bonds is 0. The minimum absolute atomic E-state index is 0.247. The normalized spacial score (nSPS) is 43.4. The fraction of sp³-hybridized carbons (Fsp3) is 0.364. The predicted octanol–water partition coefficient (Wildman–Crippen LogP) is 2.01. The van der Waals surface area contributed by atoms with Gasteiger partial charge in [-0.15, -0.1) is 0 Å². The lowest BCUT2D eigenvalue weighted by molar-refractivity contribution is 0.496. The van der Waals surface area contributed by atoms with Crippen LogP contribution in [0.4, 0.5) is 0 Å². The van der Waals surface area contributed by atoms with Gasteiger partial charge in [0.2, 0.25) is 0 Å². The molecule has 4 atom stereocenters. The fourth-order valence-electron chi connectivity index (χ4n) is 2.40. The van der Waals surface area contributed by atoms with Gasteiger partial charge in [0.15, 0.2) is 0 Å². The monoisotopic (exact) mass is 250 g/mol. The highest BCUT2D eigenvalue weighted by Crippen LogP contribution is 2.35. The fourth-order valence-corrected chi connectivity index (χ4v) is 2.77. The average molecular weight is 251 g/mol. The van der Waals surface area contributed by atoms with Gasteiger partial charge in [-0.3, -0.25) is 10.3 Å². The molecule has 72 valence electrons. The molecule has 0 saturated carbocycles. The molecular weight excluding hydrogens is 240 g/mol. The first-order valence-corrected chi connectivity index (χ1v) is 5.66. The topological polar surface area (TPSA) is 24.4 Å². The van der Waals surface area contributed by atoms with E-state index in [0.29, 0.717) is 17.9 Å². The van der Waals surface area contributed by atoms with Crippen molar-refractivity contribution in [3.05, 3.63) is 36.5 Å². The van der Waals surface area contributed by atoms with E-state index in [-0.39, 0.29) is 6.17 Å². The highest BCUT2D eigenvalue weighted by atomic mass is 79.9. The van der Waals surface area contributed by atoms with E-state index < -0.39 is 0 Å². The second-order valence-electron chi connectivity index (χ2n) is 3.87. The second-order valence-corrected chi connectivity index (χ2v) is 4.69. The van der Waals surface area contributed by atoms with Crippen molar-refractivity contribution in [2.24, 2.45) is 16.8 Å². The molecule has 4 unspecified atom stereocenters. The maximum absolute atomic E-state index is 4.54. The van der Waals surface area contributed by atoms with Crippen molar-refractivity contribution in [2.45, 2.75) is 12.2 Å². The minimum atomic E-state index is 0.247. The number of aliphatic imine (C=N–C) groups is 1. The first kappa shape index (κ1) is 8.62. The summed E-state index contributed by atoms with van der Waals surface area (Å²) in [7, 11) is 0. The highest BCUT2D eigenvalue weighted by molar-refractivity contribution is 9.18. The smallest absolute Gasteiger partial charge is 0.108 e. The second kappa shape index (κ2) is 3.17. The summed E-state index contributed by atoms with van der Waals surface area (Å²) in [6, 6.07) is 0.460. The van der Waals surface area contributed by atoms with E-state index in [1.54, 1.807) is 0 Å². The summed E-state index contributed by atoms with van der Waals surface area (Å²) < 4.78 is 0.942. The van der Waals surface area contributed by atoms with Crippen LogP contribution in [0.2, 0.25) is 0 Å². The number of halogens is 1. The number of fused-ring (bicyclic) bond motifs is 3. The molecule has 0 radical (unpaired) electrons. The van der Waals surface area contributed by atoms with Gasteiger partial charge in [0, 0.05) is 17.9 Å². The van der Waals surface area contributed by atoms with Gasteiger partial charge < -0.3 is 0 Å². The molecule has 2 aliphatic heterocycles. The average Bonchev–Trinajstić information content (AvgIpc) is 2.54. The molecule has 3 rings (SSSR count). The molecule has 3 heteroatoms. The lowest BCUT2D eigenvalue weighted by Gasteiger charge is -2.20. The van der Waals surface area contributed by atoms with E-state index >= 15 is 0 Å². The van der Waals surface area contributed by atoms with Crippen LogP contribution < -0.4 is 5.32 Å². The molecule has 0 bridgehead atoms. The Kier molecular flexibility index (Phi) is 1.96. The Labute approximate surface area is 91.6 Å². The number of allylic oxidation sites excluding steroid dienone is 3. The van der Waals surface area contributed by atoms with E-state index in [9.17, 15) is 0 Å². The van der Waals surface area contributed by atoms with Crippen LogP contribution in [0.5, 0.6) is 0 Å². The molecule has 1 N–H and O–H groups in total. The standard InChI is InChI=1S/C11H11BrN2/c12-10-6-5-8-7-3-1-2-4-9(7)13-11(8)14-10/h1-9,11,13H. The maximum Gasteiger partial charge on any atom is 0.108 e. The van der Waals surface area contributed by atoms with Crippen molar-refractivity contribution < 1.29 is 0 Å². The summed E-state index contributed by atoms with van der Waals surface area (Å²) in [5.41, 5.74) is 0. The van der Waals surface area contributed by atoms with Gasteiger partial charge in [-0.1, -0.05) is 30.4 Å².